The number of pyridine rings is 2. The third kappa shape index (κ3) is 3.06. The number of nitrogens with zero attached hydrogens (tertiary/aromatic N) is 2. The second kappa shape index (κ2) is 6.31. The summed E-state index contributed by atoms with van der Waals surface area (Å²) in [6, 6.07) is 9.14. The molecule has 0 bridgehead atoms. The molecule has 0 fully saturated rings. The van der Waals surface area contributed by atoms with E-state index in [0.29, 0.717) is 17.0 Å². The number of hydrogen-bond donors (Lipinski definition) is 1. The van der Waals surface area contributed by atoms with Gasteiger partial charge in [-0.05, 0) is 36.8 Å². The number of furan rings is 1. The van der Waals surface area contributed by atoms with Crippen molar-refractivity contribution < 1.29 is 13.9 Å². The first-order valence-corrected chi connectivity index (χ1v) is 7.06. The van der Waals surface area contributed by atoms with E-state index in [-0.39, 0.29) is 11.9 Å². The van der Waals surface area contributed by atoms with Gasteiger partial charge in [0.2, 0.25) is 5.76 Å². The van der Waals surface area contributed by atoms with E-state index in [1.807, 2.05) is 25.1 Å². The molecule has 6 heteroatoms. The molecule has 0 saturated carbocycles. The van der Waals surface area contributed by atoms with Crippen LogP contribution in [0, 0.1) is 0 Å². The Morgan fingerprint density at radius 2 is 2.00 bits per heavy atom. The Bertz CT molecular complexity index is 800. The van der Waals surface area contributed by atoms with Crippen molar-refractivity contribution in [3.05, 3.63) is 66.5 Å². The number of primary amides is 1. The van der Waals surface area contributed by atoms with Gasteiger partial charge in [-0.3, -0.25) is 14.8 Å². The highest BCUT2D eigenvalue weighted by Crippen LogP contribution is 2.36. The Hall–Kier alpha value is -3.15. The number of carbonyl (C=O) groups excluding carboxylic acids is 1. The maximum atomic E-state index is 11.6. The fourth-order valence-corrected chi connectivity index (χ4v) is 2.21. The van der Waals surface area contributed by atoms with Crippen molar-refractivity contribution in [2.24, 2.45) is 5.73 Å². The van der Waals surface area contributed by atoms with Gasteiger partial charge in [0.1, 0.15) is 12.4 Å². The largest absolute Gasteiger partial charge is 0.481 e. The van der Waals surface area contributed by atoms with E-state index in [1.54, 1.807) is 30.7 Å². The monoisotopic (exact) mass is 309 g/mol. The first-order valence-electron chi connectivity index (χ1n) is 7.06. The standard InChI is InChI=1S/C17H15N3O3/c1-11(12-5-8-19-9-6-12)23-15-13(10-22-16(15)17(18)21)14-4-2-3-7-20-14/h2-11H,1H3,(H2,18,21). The van der Waals surface area contributed by atoms with Crippen molar-refractivity contribution in [3.8, 4) is 17.0 Å². The average molecular weight is 309 g/mol. The molecule has 3 rings (SSSR count). The molecule has 0 aromatic carbocycles. The highest BCUT2D eigenvalue weighted by molar-refractivity contribution is 5.95. The van der Waals surface area contributed by atoms with Crippen molar-refractivity contribution in [2.75, 3.05) is 0 Å². The summed E-state index contributed by atoms with van der Waals surface area (Å²) in [7, 11) is 0. The molecule has 1 atom stereocenters. The molecule has 0 radical (unpaired) electrons. The highest BCUT2D eigenvalue weighted by Gasteiger charge is 2.23. The molecule has 3 aromatic heterocycles. The summed E-state index contributed by atoms with van der Waals surface area (Å²) in [5.41, 5.74) is 7.52. The number of carbonyl (C=O) groups is 1. The second-order valence-corrected chi connectivity index (χ2v) is 4.93. The van der Waals surface area contributed by atoms with E-state index in [9.17, 15) is 4.79 Å². The van der Waals surface area contributed by atoms with Crippen molar-refractivity contribution in [1.82, 2.24) is 9.97 Å². The van der Waals surface area contributed by atoms with E-state index in [2.05, 4.69) is 9.97 Å². The first kappa shape index (κ1) is 14.8. The van der Waals surface area contributed by atoms with Crippen LogP contribution in [0.25, 0.3) is 11.3 Å². The lowest BCUT2D eigenvalue weighted by molar-refractivity contribution is 0.0964. The summed E-state index contributed by atoms with van der Waals surface area (Å²) in [5, 5.41) is 0. The van der Waals surface area contributed by atoms with Crippen molar-refractivity contribution in [1.29, 1.82) is 0 Å². The zero-order valence-electron chi connectivity index (χ0n) is 12.5. The van der Waals surface area contributed by atoms with Crippen LogP contribution in [0.3, 0.4) is 0 Å². The van der Waals surface area contributed by atoms with E-state index in [0.717, 1.165) is 5.56 Å². The Morgan fingerprint density at radius 3 is 2.65 bits per heavy atom. The molecule has 6 nitrogen and oxygen atoms in total. The van der Waals surface area contributed by atoms with Crippen LogP contribution in [0.4, 0.5) is 0 Å². The van der Waals surface area contributed by atoms with Gasteiger partial charge in [-0.1, -0.05) is 6.07 Å². The Kier molecular flexibility index (Phi) is 4.05. The maximum absolute atomic E-state index is 11.6. The Balaban J connectivity index is 2.00. The molecule has 2 N–H and O–H groups in total. The van der Waals surface area contributed by atoms with Crippen molar-refractivity contribution >= 4 is 5.91 Å². The summed E-state index contributed by atoms with van der Waals surface area (Å²) in [6.07, 6.45) is 6.13. The van der Waals surface area contributed by atoms with Gasteiger partial charge in [-0.15, -0.1) is 0 Å². The van der Waals surface area contributed by atoms with Crippen LogP contribution in [-0.2, 0) is 0 Å². The third-order valence-corrected chi connectivity index (χ3v) is 3.38. The fraction of sp³-hybridized carbons (Fsp3) is 0.118. The van der Waals surface area contributed by atoms with Gasteiger partial charge in [0.15, 0.2) is 5.75 Å². The highest BCUT2D eigenvalue weighted by atomic mass is 16.5. The molecule has 0 saturated heterocycles. The lowest BCUT2D eigenvalue weighted by Gasteiger charge is -2.15. The Morgan fingerprint density at radius 1 is 1.22 bits per heavy atom. The van der Waals surface area contributed by atoms with E-state index < -0.39 is 5.91 Å². The second-order valence-electron chi connectivity index (χ2n) is 4.93. The molecule has 0 aliphatic rings. The lowest BCUT2D eigenvalue weighted by Crippen LogP contribution is -2.13. The van der Waals surface area contributed by atoms with Gasteiger partial charge in [-0.2, -0.15) is 0 Å². The van der Waals surface area contributed by atoms with E-state index in [1.165, 1.54) is 6.26 Å². The summed E-state index contributed by atoms with van der Waals surface area (Å²) in [5.74, 6) is -0.420. The van der Waals surface area contributed by atoms with Gasteiger partial charge in [0.25, 0.3) is 5.91 Å². The molecule has 3 aromatic rings. The summed E-state index contributed by atoms with van der Waals surface area (Å²) < 4.78 is 11.3. The lowest BCUT2D eigenvalue weighted by atomic mass is 10.1. The predicted molar refractivity (Wildman–Crippen MR) is 83.7 cm³/mol. The van der Waals surface area contributed by atoms with Gasteiger partial charge >= 0.3 is 0 Å². The number of aromatic nitrogens is 2. The molecule has 0 spiro atoms. The predicted octanol–water partition coefficient (Wildman–Crippen LogP) is 2.98. The molecule has 0 aliphatic heterocycles. The van der Waals surface area contributed by atoms with Gasteiger partial charge in [0.05, 0.1) is 11.3 Å². The molecule has 1 unspecified atom stereocenters. The molecule has 116 valence electrons. The van der Waals surface area contributed by atoms with Crippen LogP contribution in [0.15, 0.2) is 59.6 Å². The molecule has 1 amide bonds. The zero-order valence-corrected chi connectivity index (χ0v) is 12.5. The topological polar surface area (TPSA) is 91.2 Å². The van der Waals surface area contributed by atoms with Crippen LogP contribution in [0.5, 0.6) is 5.75 Å². The first-order chi connectivity index (χ1) is 11.2. The van der Waals surface area contributed by atoms with E-state index >= 15 is 0 Å². The van der Waals surface area contributed by atoms with Crippen LogP contribution in [0.1, 0.15) is 29.1 Å². The normalized spacial score (nSPS) is 11.9. The third-order valence-electron chi connectivity index (χ3n) is 3.38. The maximum Gasteiger partial charge on any atom is 0.288 e. The van der Waals surface area contributed by atoms with Crippen LogP contribution >= 0.6 is 0 Å². The van der Waals surface area contributed by atoms with Crippen LogP contribution in [0.2, 0.25) is 0 Å². The van der Waals surface area contributed by atoms with Gasteiger partial charge in [0, 0.05) is 18.6 Å². The minimum atomic E-state index is -0.691. The number of hydrogen-bond acceptors (Lipinski definition) is 5. The minimum Gasteiger partial charge on any atom is -0.481 e. The smallest absolute Gasteiger partial charge is 0.288 e. The van der Waals surface area contributed by atoms with Gasteiger partial charge in [-0.25, -0.2) is 0 Å². The minimum absolute atomic E-state index is 0.0217. The molecule has 23 heavy (non-hydrogen) atoms. The summed E-state index contributed by atoms with van der Waals surface area (Å²) in [6.45, 7) is 1.87. The van der Waals surface area contributed by atoms with Crippen LogP contribution in [-0.4, -0.2) is 15.9 Å². The molecule has 0 aliphatic carbocycles. The van der Waals surface area contributed by atoms with Crippen LogP contribution < -0.4 is 10.5 Å². The molecular weight excluding hydrogens is 294 g/mol. The number of amides is 1. The number of rotatable bonds is 5. The zero-order chi connectivity index (χ0) is 16.2. The number of nitrogens with two attached hydrogens (primary N) is 1. The quantitative estimate of drug-likeness (QED) is 0.782. The van der Waals surface area contributed by atoms with E-state index in [4.69, 9.17) is 14.9 Å². The SMILES string of the molecule is CC(Oc1c(-c2ccccn2)coc1C(N)=O)c1ccncc1. The van der Waals surface area contributed by atoms with Crippen molar-refractivity contribution in [2.45, 2.75) is 13.0 Å². The molecule has 3 heterocycles. The van der Waals surface area contributed by atoms with Crippen molar-refractivity contribution in [3.63, 3.8) is 0 Å². The fourth-order valence-electron chi connectivity index (χ4n) is 2.21. The Labute approximate surface area is 132 Å². The van der Waals surface area contributed by atoms with Gasteiger partial charge < -0.3 is 14.9 Å². The summed E-state index contributed by atoms with van der Waals surface area (Å²) >= 11 is 0. The summed E-state index contributed by atoms with van der Waals surface area (Å²) in [4.78, 5) is 19.8. The average Bonchev–Trinajstić information content (AvgIpc) is 3.00. The number of ether oxygens (including phenoxy) is 1. The molecular formula is C17H15N3O3.